The van der Waals surface area contributed by atoms with E-state index in [-0.39, 0.29) is 4.90 Å². The number of hydrogen-bond acceptors (Lipinski definition) is 5. The molecule has 1 fully saturated rings. The Morgan fingerprint density at radius 2 is 2.00 bits per heavy atom. The van der Waals surface area contributed by atoms with Gasteiger partial charge in [-0.2, -0.15) is 0 Å². The van der Waals surface area contributed by atoms with Crippen molar-refractivity contribution in [1.82, 2.24) is 5.32 Å². The number of hydrogen-bond donors (Lipinski definition) is 1. The van der Waals surface area contributed by atoms with Gasteiger partial charge in [0.1, 0.15) is 18.1 Å². The molecule has 5 nitrogen and oxygen atoms in total. The second kappa shape index (κ2) is 5.47. The zero-order valence-corrected chi connectivity index (χ0v) is 14.5. The molecule has 5 rings (SSSR count). The average molecular weight is 357 g/mol. The Balaban J connectivity index is 1.59. The first-order valence-corrected chi connectivity index (χ1v) is 10.1. The molecule has 3 heterocycles. The Hall–Kier alpha value is -2.05. The molecule has 0 spiro atoms. The summed E-state index contributed by atoms with van der Waals surface area (Å²) in [4.78, 5) is 0.634. The van der Waals surface area contributed by atoms with Crippen molar-refractivity contribution in [3.63, 3.8) is 0 Å². The van der Waals surface area contributed by atoms with Crippen molar-refractivity contribution in [3.8, 4) is 11.5 Å². The van der Waals surface area contributed by atoms with Crippen LogP contribution in [0.5, 0.6) is 11.5 Å². The Labute approximate surface area is 146 Å². The topological polar surface area (TPSA) is 64.6 Å². The van der Waals surface area contributed by atoms with Crippen LogP contribution in [0.25, 0.3) is 0 Å². The van der Waals surface area contributed by atoms with Gasteiger partial charge in [-0.1, -0.05) is 12.1 Å². The minimum absolute atomic E-state index is 0.288. The maximum absolute atomic E-state index is 13.2. The van der Waals surface area contributed by atoms with Crippen molar-refractivity contribution in [2.45, 2.75) is 34.6 Å². The third-order valence-corrected chi connectivity index (χ3v) is 7.29. The fourth-order valence-corrected chi connectivity index (χ4v) is 5.72. The van der Waals surface area contributed by atoms with E-state index in [0.717, 1.165) is 24.1 Å². The predicted octanol–water partition coefficient (Wildman–Crippen LogP) is 2.29. The molecule has 0 amide bonds. The first-order valence-electron chi connectivity index (χ1n) is 8.64. The molecule has 1 N–H and O–H groups in total. The van der Waals surface area contributed by atoms with E-state index in [9.17, 15) is 8.42 Å². The van der Waals surface area contributed by atoms with Crippen molar-refractivity contribution in [1.29, 1.82) is 0 Å². The quantitative estimate of drug-likeness (QED) is 0.893. The van der Waals surface area contributed by atoms with Gasteiger partial charge in [-0.25, -0.2) is 8.42 Å². The second-order valence-electron chi connectivity index (χ2n) is 6.80. The van der Waals surface area contributed by atoms with Gasteiger partial charge in [0.2, 0.25) is 9.84 Å². The van der Waals surface area contributed by atoms with Gasteiger partial charge in [0, 0.05) is 23.9 Å². The molecular formula is C19H19NO4S. The minimum atomic E-state index is -3.60. The smallest absolute Gasteiger partial charge is 0.207 e. The van der Waals surface area contributed by atoms with E-state index in [1.807, 2.05) is 12.1 Å². The van der Waals surface area contributed by atoms with Gasteiger partial charge >= 0.3 is 0 Å². The summed E-state index contributed by atoms with van der Waals surface area (Å²) in [5.74, 6) is 1.79. The van der Waals surface area contributed by atoms with Crippen LogP contribution in [0, 0.1) is 0 Å². The number of rotatable bonds is 2. The summed E-state index contributed by atoms with van der Waals surface area (Å²) in [6.45, 7) is 2.11. The highest BCUT2D eigenvalue weighted by Crippen LogP contribution is 2.41. The highest BCUT2D eigenvalue weighted by molar-refractivity contribution is 7.91. The molecule has 2 aromatic rings. The van der Waals surface area contributed by atoms with Crippen molar-refractivity contribution < 1.29 is 17.9 Å². The Morgan fingerprint density at radius 3 is 2.92 bits per heavy atom. The fraction of sp³-hybridized carbons (Fsp3) is 0.368. The third-order valence-electron chi connectivity index (χ3n) is 5.45. The van der Waals surface area contributed by atoms with Gasteiger partial charge in [0.25, 0.3) is 0 Å². The Kier molecular flexibility index (Phi) is 3.33. The molecule has 0 saturated carbocycles. The van der Waals surface area contributed by atoms with Crippen LogP contribution in [0.1, 0.15) is 23.5 Å². The van der Waals surface area contributed by atoms with E-state index >= 15 is 0 Å². The van der Waals surface area contributed by atoms with Crippen molar-refractivity contribution in [3.05, 3.63) is 47.5 Å². The van der Waals surface area contributed by atoms with Crippen molar-refractivity contribution in [2.24, 2.45) is 0 Å². The van der Waals surface area contributed by atoms with Gasteiger partial charge in [-0.15, -0.1) is 0 Å². The molecular weight excluding hydrogens is 338 g/mol. The molecule has 3 aliphatic rings. The van der Waals surface area contributed by atoms with Gasteiger partial charge in [-0.3, -0.25) is 0 Å². The fourth-order valence-electron chi connectivity index (χ4n) is 4.18. The highest BCUT2D eigenvalue weighted by atomic mass is 32.2. The normalized spacial score (nSPS) is 24.0. The first-order chi connectivity index (χ1) is 12.1. The molecule has 0 aromatic heterocycles. The summed E-state index contributed by atoms with van der Waals surface area (Å²) < 4.78 is 37.7. The summed E-state index contributed by atoms with van der Waals surface area (Å²) in [6, 6.07) is 10.9. The Morgan fingerprint density at radius 1 is 1.08 bits per heavy atom. The van der Waals surface area contributed by atoms with Crippen LogP contribution in [0.4, 0.5) is 0 Å². The van der Waals surface area contributed by atoms with Gasteiger partial charge < -0.3 is 14.8 Å². The molecule has 3 aliphatic heterocycles. The monoisotopic (exact) mass is 357 g/mol. The van der Waals surface area contributed by atoms with Gasteiger partial charge in [0.05, 0.1) is 16.4 Å². The van der Waals surface area contributed by atoms with Crippen LogP contribution in [0.3, 0.4) is 0 Å². The lowest BCUT2D eigenvalue weighted by atomic mass is 9.90. The zero-order valence-electron chi connectivity index (χ0n) is 13.7. The summed E-state index contributed by atoms with van der Waals surface area (Å²) in [7, 11) is -3.60. The largest absolute Gasteiger partial charge is 0.493 e. The number of nitrogens with one attached hydrogen (secondary N) is 1. The van der Waals surface area contributed by atoms with Crippen LogP contribution in [-0.4, -0.2) is 34.2 Å². The third kappa shape index (κ3) is 2.28. The van der Waals surface area contributed by atoms with Crippen molar-refractivity contribution >= 4 is 9.84 Å². The lowest BCUT2D eigenvalue weighted by molar-refractivity contribution is 0.238. The molecule has 2 aromatic carbocycles. The molecule has 130 valence electrons. The number of sulfone groups is 1. The second-order valence-corrected chi connectivity index (χ2v) is 8.72. The predicted molar refractivity (Wildman–Crippen MR) is 92.2 cm³/mol. The molecule has 6 heteroatoms. The molecule has 0 aliphatic carbocycles. The lowest BCUT2D eigenvalue weighted by Gasteiger charge is -2.28. The first kappa shape index (κ1) is 15.2. The van der Waals surface area contributed by atoms with Gasteiger partial charge in [0.15, 0.2) is 0 Å². The molecule has 1 saturated heterocycles. The van der Waals surface area contributed by atoms with Gasteiger partial charge in [-0.05, 0) is 42.8 Å². The Bertz CT molecular complexity index is 954. The van der Waals surface area contributed by atoms with Crippen LogP contribution in [0.15, 0.2) is 46.2 Å². The van der Waals surface area contributed by atoms with Crippen LogP contribution < -0.4 is 14.8 Å². The summed E-state index contributed by atoms with van der Waals surface area (Å²) in [6.07, 6.45) is 1.69. The van der Waals surface area contributed by atoms with Crippen LogP contribution in [0.2, 0.25) is 0 Å². The summed E-state index contributed by atoms with van der Waals surface area (Å²) in [5.41, 5.74) is 1.89. The number of ether oxygens (including phenoxy) is 2. The summed E-state index contributed by atoms with van der Waals surface area (Å²) >= 11 is 0. The molecule has 2 unspecified atom stereocenters. The summed E-state index contributed by atoms with van der Waals surface area (Å²) in [5, 5.41) is 3.44. The van der Waals surface area contributed by atoms with Crippen molar-refractivity contribution in [2.75, 3.05) is 19.8 Å². The maximum atomic E-state index is 13.2. The number of fused-ring (bicyclic) bond motifs is 4. The highest BCUT2D eigenvalue weighted by Gasteiger charge is 2.35. The van der Waals surface area contributed by atoms with E-state index in [0.29, 0.717) is 48.0 Å². The van der Waals surface area contributed by atoms with E-state index in [1.165, 1.54) is 0 Å². The molecule has 0 radical (unpaired) electrons. The van der Waals surface area contributed by atoms with E-state index < -0.39 is 9.84 Å². The van der Waals surface area contributed by atoms with Crippen LogP contribution in [-0.2, 0) is 16.3 Å². The SMILES string of the molecule is O=S(=O)(c1ccc2c(c1)OCC1NCCC21)c1cccc2c1CCO2. The molecule has 0 bridgehead atoms. The lowest BCUT2D eigenvalue weighted by Crippen LogP contribution is -2.35. The minimum Gasteiger partial charge on any atom is -0.493 e. The standard InChI is InChI=1S/C19H19NO4S/c21-25(22,19-3-1-2-17-15(19)7-9-23-17)12-4-5-14-13-6-8-20-16(13)11-24-18(14)10-12/h1-5,10,13,16,20H,6-9,11H2. The number of benzene rings is 2. The average Bonchev–Trinajstić information content (AvgIpc) is 3.29. The molecule has 2 atom stereocenters. The maximum Gasteiger partial charge on any atom is 0.207 e. The molecule has 25 heavy (non-hydrogen) atoms. The van der Waals surface area contributed by atoms with E-state index in [2.05, 4.69) is 5.32 Å². The van der Waals surface area contributed by atoms with Crippen LogP contribution >= 0.6 is 0 Å². The van der Waals surface area contributed by atoms with E-state index in [1.54, 1.807) is 24.3 Å². The van der Waals surface area contributed by atoms with E-state index in [4.69, 9.17) is 9.47 Å². The zero-order chi connectivity index (χ0) is 17.0.